The first-order valence-electron chi connectivity index (χ1n) is 7.88. The summed E-state index contributed by atoms with van der Waals surface area (Å²) in [6.45, 7) is 1.42. The molecule has 0 atom stereocenters. The number of hydrogen-bond acceptors (Lipinski definition) is 4. The molecule has 1 N–H and O–H groups in total. The lowest BCUT2D eigenvalue weighted by molar-refractivity contribution is 0.734. The van der Waals surface area contributed by atoms with Gasteiger partial charge in [-0.2, -0.15) is 0 Å². The van der Waals surface area contributed by atoms with E-state index >= 15 is 0 Å². The Labute approximate surface area is 140 Å². The van der Waals surface area contributed by atoms with Crippen LogP contribution in [0.2, 0.25) is 0 Å². The topological polar surface area (TPSA) is 55.6 Å². The summed E-state index contributed by atoms with van der Waals surface area (Å²) in [7, 11) is 0. The third-order valence-electron chi connectivity index (χ3n) is 3.95. The number of aromatic nitrogens is 4. The first-order valence-corrected chi connectivity index (χ1v) is 7.88. The second-order valence-corrected chi connectivity index (χ2v) is 5.55. The van der Waals surface area contributed by atoms with Crippen LogP contribution in [-0.4, -0.2) is 19.5 Å². The quantitative estimate of drug-likeness (QED) is 0.612. The summed E-state index contributed by atoms with van der Waals surface area (Å²) in [6, 6.07) is 18.4. The highest BCUT2D eigenvalue weighted by molar-refractivity contribution is 5.88. The molecule has 0 saturated heterocycles. The molecule has 5 heteroatoms. The molecule has 0 aliphatic carbocycles. The Balaban J connectivity index is 1.53. The molecule has 0 fully saturated rings. The lowest BCUT2D eigenvalue weighted by Crippen LogP contribution is -2.10. The van der Waals surface area contributed by atoms with Gasteiger partial charge in [0.25, 0.3) is 0 Å². The van der Waals surface area contributed by atoms with Gasteiger partial charge in [0, 0.05) is 24.3 Å². The molecule has 4 rings (SSSR count). The number of hydrogen-bond donors (Lipinski definition) is 1. The predicted octanol–water partition coefficient (Wildman–Crippen LogP) is 3.49. The number of fused-ring (bicyclic) bond motifs is 1. The fraction of sp³-hybridized carbons (Fsp3) is 0.105. The van der Waals surface area contributed by atoms with E-state index in [-0.39, 0.29) is 0 Å². The minimum atomic E-state index is 0.612. The lowest BCUT2D eigenvalue weighted by atomic mass is 10.2. The van der Waals surface area contributed by atoms with Crippen molar-refractivity contribution in [3.63, 3.8) is 0 Å². The third-order valence-corrected chi connectivity index (χ3v) is 3.95. The van der Waals surface area contributed by atoms with Crippen molar-refractivity contribution in [2.75, 3.05) is 5.32 Å². The fourth-order valence-corrected chi connectivity index (χ4v) is 2.74. The van der Waals surface area contributed by atoms with E-state index in [1.54, 1.807) is 6.33 Å². The van der Waals surface area contributed by atoms with Crippen LogP contribution in [0.1, 0.15) is 11.4 Å². The van der Waals surface area contributed by atoms with Crippen LogP contribution in [0, 0.1) is 0 Å². The highest BCUT2D eigenvalue weighted by atomic mass is 15.1. The number of nitrogens with one attached hydrogen (secondary N) is 1. The van der Waals surface area contributed by atoms with Crippen molar-refractivity contribution in [1.29, 1.82) is 0 Å². The van der Waals surface area contributed by atoms with E-state index in [2.05, 4.69) is 49.1 Å². The zero-order valence-corrected chi connectivity index (χ0v) is 13.1. The van der Waals surface area contributed by atoms with Crippen molar-refractivity contribution < 1.29 is 0 Å². The van der Waals surface area contributed by atoms with Crippen molar-refractivity contribution >= 4 is 16.7 Å². The third kappa shape index (κ3) is 2.96. The number of para-hydroxylation sites is 1. The van der Waals surface area contributed by atoms with Crippen LogP contribution in [0.3, 0.4) is 0 Å². The number of nitrogens with zero attached hydrogens (tertiary/aromatic N) is 4. The Hall–Kier alpha value is -3.21. The largest absolute Gasteiger partial charge is 0.362 e. The van der Waals surface area contributed by atoms with Crippen LogP contribution in [0.15, 0.2) is 73.3 Å². The van der Waals surface area contributed by atoms with Gasteiger partial charge in [-0.1, -0.05) is 42.5 Å². The molecule has 0 saturated carbocycles. The normalized spacial score (nSPS) is 10.8. The van der Waals surface area contributed by atoms with Crippen LogP contribution >= 0.6 is 0 Å². The smallest absolute Gasteiger partial charge is 0.137 e. The zero-order valence-electron chi connectivity index (χ0n) is 13.1. The molecule has 118 valence electrons. The fourth-order valence-electron chi connectivity index (χ4n) is 2.74. The SMILES string of the molecule is c1ccc(Cn2ccnc2CNc2ncnc3ccccc23)cc1. The van der Waals surface area contributed by atoms with E-state index in [1.165, 1.54) is 5.56 Å². The maximum absolute atomic E-state index is 4.46. The molecule has 5 nitrogen and oxygen atoms in total. The monoisotopic (exact) mass is 315 g/mol. The van der Waals surface area contributed by atoms with Crippen molar-refractivity contribution in [3.8, 4) is 0 Å². The van der Waals surface area contributed by atoms with Gasteiger partial charge in [-0.05, 0) is 17.7 Å². The zero-order chi connectivity index (χ0) is 16.2. The summed E-state index contributed by atoms with van der Waals surface area (Å²) in [5.41, 5.74) is 2.19. The molecule has 0 radical (unpaired) electrons. The molecule has 2 aromatic heterocycles. The van der Waals surface area contributed by atoms with E-state index < -0.39 is 0 Å². The summed E-state index contributed by atoms with van der Waals surface area (Å²) < 4.78 is 2.14. The minimum absolute atomic E-state index is 0.612. The van der Waals surface area contributed by atoms with Crippen molar-refractivity contribution in [3.05, 3.63) is 84.7 Å². The Morgan fingerprint density at radius 1 is 0.875 bits per heavy atom. The predicted molar refractivity (Wildman–Crippen MR) is 94.6 cm³/mol. The molecule has 0 aliphatic rings. The second kappa shape index (κ2) is 6.50. The van der Waals surface area contributed by atoms with E-state index in [0.29, 0.717) is 6.54 Å². The van der Waals surface area contributed by atoms with Gasteiger partial charge in [0.1, 0.15) is 18.0 Å². The van der Waals surface area contributed by atoms with E-state index in [9.17, 15) is 0 Å². The Morgan fingerprint density at radius 3 is 2.62 bits per heavy atom. The Bertz CT molecular complexity index is 941. The van der Waals surface area contributed by atoms with Crippen molar-refractivity contribution in [1.82, 2.24) is 19.5 Å². The minimum Gasteiger partial charge on any atom is -0.362 e. The molecule has 0 aliphatic heterocycles. The molecule has 2 heterocycles. The number of rotatable bonds is 5. The average Bonchev–Trinajstić information content (AvgIpc) is 3.08. The first-order chi connectivity index (χ1) is 11.9. The molecule has 2 aromatic carbocycles. The van der Waals surface area contributed by atoms with Gasteiger partial charge in [-0.15, -0.1) is 0 Å². The maximum atomic E-state index is 4.46. The Kier molecular flexibility index (Phi) is 3.90. The van der Waals surface area contributed by atoms with Gasteiger partial charge in [-0.25, -0.2) is 15.0 Å². The summed E-state index contributed by atoms with van der Waals surface area (Å²) in [5, 5.41) is 4.40. The summed E-state index contributed by atoms with van der Waals surface area (Å²) >= 11 is 0. The highest BCUT2D eigenvalue weighted by Crippen LogP contribution is 2.19. The highest BCUT2D eigenvalue weighted by Gasteiger charge is 2.06. The molecule has 24 heavy (non-hydrogen) atoms. The number of imidazole rings is 1. The molecule has 0 unspecified atom stereocenters. The van der Waals surface area contributed by atoms with Gasteiger partial charge in [0.05, 0.1) is 12.1 Å². The number of anilines is 1. The van der Waals surface area contributed by atoms with Crippen molar-refractivity contribution in [2.24, 2.45) is 0 Å². The molecule has 0 spiro atoms. The van der Waals surface area contributed by atoms with Crippen LogP contribution in [0.5, 0.6) is 0 Å². The van der Waals surface area contributed by atoms with E-state index in [0.717, 1.165) is 29.1 Å². The standard InChI is InChI=1S/C19H17N5/c1-2-6-15(7-3-1)13-24-11-10-20-18(24)12-21-19-16-8-4-5-9-17(16)22-14-23-19/h1-11,14H,12-13H2,(H,21,22,23). The van der Waals surface area contributed by atoms with E-state index in [1.807, 2.05) is 42.7 Å². The number of benzene rings is 2. The maximum Gasteiger partial charge on any atom is 0.137 e. The lowest BCUT2D eigenvalue weighted by Gasteiger charge is -2.10. The molecule has 4 aromatic rings. The molecule has 0 amide bonds. The summed E-state index contributed by atoms with van der Waals surface area (Å²) in [6.07, 6.45) is 5.42. The molecule has 0 bridgehead atoms. The summed E-state index contributed by atoms with van der Waals surface area (Å²) in [4.78, 5) is 13.1. The van der Waals surface area contributed by atoms with Gasteiger partial charge < -0.3 is 9.88 Å². The summed E-state index contributed by atoms with van der Waals surface area (Å²) in [5.74, 6) is 1.80. The van der Waals surface area contributed by atoms with Crippen LogP contribution in [-0.2, 0) is 13.1 Å². The van der Waals surface area contributed by atoms with Gasteiger partial charge in [0.2, 0.25) is 0 Å². The van der Waals surface area contributed by atoms with Crippen molar-refractivity contribution in [2.45, 2.75) is 13.1 Å². The average molecular weight is 315 g/mol. The van der Waals surface area contributed by atoms with Crippen LogP contribution < -0.4 is 5.32 Å². The molecular formula is C19H17N5. The Morgan fingerprint density at radius 2 is 1.71 bits per heavy atom. The van der Waals surface area contributed by atoms with Crippen LogP contribution in [0.25, 0.3) is 10.9 Å². The van der Waals surface area contributed by atoms with Gasteiger partial charge >= 0.3 is 0 Å². The van der Waals surface area contributed by atoms with Gasteiger partial charge in [0.15, 0.2) is 0 Å². The second-order valence-electron chi connectivity index (χ2n) is 5.55. The van der Waals surface area contributed by atoms with E-state index in [4.69, 9.17) is 0 Å². The first kappa shape index (κ1) is 14.4. The van der Waals surface area contributed by atoms with Crippen LogP contribution in [0.4, 0.5) is 5.82 Å². The van der Waals surface area contributed by atoms with Gasteiger partial charge in [-0.3, -0.25) is 0 Å². The molecular weight excluding hydrogens is 298 g/mol.